The number of amides is 1. The molecule has 4 nitrogen and oxygen atoms in total. The second-order valence-corrected chi connectivity index (χ2v) is 6.62. The molecule has 0 aromatic heterocycles. The third-order valence-electron chi connectivity index (χ3n) is 3.78. The Kier molecular flexibility index (Phi) is 5.66. The van der Waals surface area contributed by atoms with Crippen molar-refractivity contribution in [3.8, 4) is 6.07 Å². The van der Waals surface area contributed by atoms with Crippen molar-refractivity contribution in [2.24, 2.45) is 0 Å². The maximum Gasteiger partial charge on any atom is 0.224 e. The Morgan fingerprint density at radius 3 is 2.67 bits per heavy atom. The third-order valence-corrected chi connectivity index (χ3v) is 4.76. The molecule has 1 aromatic carbocycles. The van der Waals surface area contributed by atoms with Gasteiger partial charge in [-0.25, -0.2) is 0 Å². The maximum absolute atomic E-state index is 12.0. The lowest BCUT2D eigenvalue weighted by atomic mass is 9.96. The summed E-state index contributed by atoms with van der Waals surface area (Å²) in [7, 11) is 0. The van der Waals surface area contributed by atoms with Gasteiger partial charge in [0.05, 0.1) is 24.5 Å². The molecule has 0 atom stereocenters. The zero-order chi connectivity index (χ0) is 15.1. The van der Waals surface area contributed by atoms with Gasteiger partial charge >= 0.3 is 0 Å². The molecule has 1 aromatic rings. The van der Waals surface area contributed by atoms with E-state index in [4.69, 9.17) is 5.26 Å². The van der Waals surface area contributed by atoms with Gasteiger partial charge in [-0.05, 0) is 35.5 Å². The van der Waals surface area contributed by atoms with Gasteiger partial charge < -0.3 is 10.4 Å². The highest BCUT2D eigenvalue weighted by molar-refractivity contribution is 7.99. The van der Waals surface area contributed by atoms with E-state index < -0.39 is 5.60 Å². The molecular weight excluding hydrogens is 284 g/mol. The van der Waals surface area contributed by atoms with E-state index >= 15 is 0 Å². The Bertz CT molecular complexity index is 533. The largest absolute Gasteiger partial charge is 0.388 e. The lowest BCUT2D eigenvalue weighted by Gasteiger charge is -2.31. The van der Waals surface area contributed by atoms with Gasteiger partial charge in [0.25, 0.3) is 0 Å². The minimum Gasteiger partial charge on any atom is -0.388 e. The highest BCUT2D eigenvalue weighted by atomic mass is 32.2. The standard InChI is InChI=1S/C16H20N2O2S/c17-8-5-13-3-1-2-4-14(13)11-15(19)18-12-16(20)6-9-21-10-7-16/h1-4,20H,5-7,9-12H2,(H,18,19). The van der Waals surface area contributed by atoms with Gasteiger partial charge in [-0.15, -0.1) is 0 Å². The van der Waals surface area contributed by atoms with Crippen LogP contribution in [0.15, 0.2) is 24.3 Å². The van der Waals surface area contributed by atoms with E-state index in [2.05, 4.69) is 11.4 Å². The molecular formula is C16H20N2O2S. The van der Waals surface area contributed by atoms with Crippen molar-refractivity contribution in [3.05, 3.63) is 35.4 Å². The van der Waals surface area contributed by atoms with Crippen molar-refractivity contribution in [1.29, 1.82) is 5.26 Å². The molecule has 1 aliphatic rings. The summed E-state index contributed by atoms with van der Waals surface area (Å²) in [4.78, 5) is 12.0. The van der Waals surface area contributed by atoms with Crippen molar-refractivity contribution >= 4 is 17.7 Å². The van der Waals surface area contributed by atoms with Crippen LogP contribution in [0.3, 0.4) is 0 Å². The van der Waals surface area contributed by atoms with Gasteiger partial charge in [-0.3, -0.25) is 4.79 Å². The number of thioether (sulfide) groups is 1. The van der Waals surface area contributed by atoms with Crippen LogP contribution in [0.4, 0.5) is 0 Å². The third kappa shape index (κ3) is 4.76. The molecule has 21 heavy (non-hydrogen) atoms. The first-order valence-corrected chi connectivity index (χ1v) is 8.29. The quantitative estimate of drug-likeness (QED) is 0.868. The van der Waals surface area contributed by atoms with E-state index in [0.29, 0.717) is 13.0 Å². The van der Waals surface area contributed by atoms with Gasteiger partial charge in [0.2, 0.25) is 5.91 Å². The number of carbonyl (C=O) groups excluding carboxylic acids is 1. The predicted octanol–water partition coefficient (Wildman–Crippen LogP) is 1.67. The molecule has 0 aliphatic carbocycles. The van der Waals surface area contributed by atoms with Crippen LogP contribution >= 0.6 is 11.8 Å². The fourth-order valence-corrected chi connectivity index (χ4v) is 3.67. The van der Waals surface area contributed by atoms with Crippen LogP contribution in [0, 0.1) is 11.3 Å². The molecule has 112 valence electrons. The monoisotopic (exact) mass is 304 g/mol. The van der Waals surface area contributed by atoms with E-state index in [1.807, 2.05) is 36.0 Å². The van der Waals surface area contributed by atoms with E-state index in [0.717, 1.165) is 35.5 Å². The molecule has 1 saturated heterocycles. The number of benzene rings is 1. The van der Waals surface area contributed by atoms with Crippen LogP contribution in [0.25, 0.3) is 0 Å². The molecule has 1 aliphatic heterocycles. The highest BCUT2D eigenvalue weighted by Crippen LogP contribution is 2.26. The van der Waals surface area contributed by atoms with Crippen LogP contribution in [-0.4, -0.2) is 34.7 Å². The summed E-state index contributed by atoms with van der Waals surface area (Å²) in [6.45, 7) is 0.312. The number of hydrogen-bond acceptors (Lipinski definition) is 4. The molecule has 0 unspecified atom stereocenters. The Hall–Kier alpha value is -1.51. The molecule has 0 bridgehead atoms. The molecule has 0 spiro atoms. The number of nitrogens with one attached hydrogen (secondary N) is 1. The smallest absolute Gasteiger partial charge is 0.224 e. The van der Waals surface area contributed by atoms with Gasteiger partial charge in [0, 0.05) is 6.54 Å². The normalized spacial score (nSPS) is 17.0. The van der Waals surface area contributed by atoms with E-state index in [9.17, 15) is 9.90 Å². The van der Waals surface area contributed by atoms with E-state index in [-0.39, 0.29) is 12.3 Å². The first-order chi connectivity index (χ1) is 10.1. The molecule has 2 N–H and O–H groups in total. The van der Waals surface area contributed by atoms with Crippen molar-refractivity contribution in [3.63, 3.8) is 0 Å². The minimum atomic E-state index is -0.757. The molecule has 5 heteroatoms. The molecule has 1 fully saturated rings. The fourth-order valence-electron chi connectivity index (χ4n) is 2.41. The number of nitriles is 1. The summed E-state index contributed by atoms with van der Waals surface area (Å²) < 4.78 is 0. The summed E-state index contributed by atoms with van der Waals surface area (Å²) in [5.41, 5.74) is 1.01. The second-order valence-electron chi connectivity index (χ2n) is 5.39. The SMILES string of the molecule is N#CCc1ccccc1CC(=O)NCC1(O)CCSCC1. The number of nitrogens with zero attached hydrogens (tertiary/aromatic N) is 1. The average Bonchev–Trinajstić information content (AvgIpc) is 2.48. The van der Waals surface area contributed by atoms with Crippen molar-refractivity contribution in [1.82, 2.24) is 5.32 Å². The predicted molar refractivity (Wildman–Crippen MR) is 84.0 cm³/mol. The van der Waals surface area contributed by atoms with Crippen LogP contribution in [0.2, 0.25) is 0 Å². The van der Waals surface area contributed by atoms with Crippen molar-refractivity contribution in [2.75, 3.05) is 18.1 Å². The van der Waals surface area contributed by atoms with Crippen LogP contribution in [-0.2, 0) is 17.6 Å². The summed E-state index contributed by atoms with van der Waals surface area (Å²) >= 11 is 1.84. The first kappa shape index (κ1) is 15.9. The van der Waals surface area contributed by atoms with Gasteiger partial charge in [-0.1, -0.05) is 24.3 Å². The van der Waals surface area contributed by atoms with Gasteiger partial charge in [0.15, 0.2) is 0 Å². The fraction of sp³-hybridized carbons (Fsp3) is 0.500. The molecule has 1 amide bonds. The minimum absolute atomic E-state index is 0.105. The average molecular weight is 304 g/mol. The van der Waals surface area contributed by atoms with Crippen LogP contribution in [0.5, 0.6) is 0 Å². The molecule has 0 saturated carbocycles. The summed E-state index contributed by atoms with van der Waals surface area (Å²) in [5, 5.41) is 22.0. The lowest BCUT2D eigenvalue weighted by molar-refractivity contribution is -0.121. The zero-order valence-corrected chi connectivity index (χ0v) is 12.8. The van der Waals surface area contributed by atoms with E-state index in [1.54, 1.807) is 0 Å². The highest BCUT2D eigenvalue weighted by Gasteiger charge is 2.29. The topological polar surface area (TPSA) is 73.1 Å². The number of hydrogen-bond donors (Lipinski definition) is 2. The van der Waals surface area contributed by atoms with Crippen LogP contribution in [0.1, 0.15) is 24.0 Å². The summed E-state index contributed by atoms with van der Waals surface area (Å²) in [6.07, 6.45) is 2.01. The van der Waals surface area contributed by atoms with Crippen LogP contribution < -0.4 is 5.32 Å². The number of aliphatic hydroxyl groups is 1. The number of carbonyl (C=O) groups is 1. The first-order valence-electron chi connectivity index (χ1n) is 7.13. The Labute approximate surface area is 129 Å². The van der Waals surface area contributed by atoms with Crippen molar-refractivity contribution < 1.29 is 9.90 Å². The molecule has 2 rings (SSSR count). The summed E-state index contributed by atoms with van der Waals surface area (Å²) in [6, 6.07) is 9.60. The Morgan fingerprint density at radius 2 is 2.00 bits per heavy atom. The van der Waals surface area contributed by atoms with Crippen molar-refractivity contribution in [2.45, 2.75) is 31.3 Å². The molecule has 0 radical (unpaired) electrons. The Balaban J connectivity index is 1.89. The van der Waals surface area contributed by atoms with Gasteiger partial charge in [0.1, 0.15) is 0 Å². The summed E-state index contributed by atoms with van der Waals surface area (Å²) in [5.74, 6) is 1.78. The molecule has 1 heterocycles. The number of rotatable bonds is 5. The van der Waals surface area contributed by atoms with Gasteiger partial charge in [-0.2, -0.15) is 17.0 Å². The lowest BCUT2D eigenvalue weighted by Crippen LogP contribution is -2.45. The zero-order valence-electron chi connectivity index (χ0n) is 12.0. The second kappa shape index (κ2) is 7.48. The van der Waals surface area contributed by atoms with E-state index in [1.165, 1.54) is 0 Å². The Morgan fingerprint density at radius 1 is 1.33 bits per heavy atom. The maximum atomic E-state index is 12.0.